The number of sulfonamides is 1. The highest BCUT2D eigenvalue weighted by Crippen LogP contribution is 2.35. The average molecular weight is 447 g/mol. The van der Waals surface area contributed by atoms with E-state index in [1.165, 1.54) is 48.9 Å². The summed E-state index contributed by atoms with van der Waals surface area (Å²) in [5, 5.41) is 2.88. The molecule has 0 aliphatic carbocycles. The van der Waals surface area contributed by atoms with Crippen LogP contribution < -0.4 is 14.8 Å². The number of nitrogens with one attached hydrogen (secondary N) is 1. The van der Waals surface area contributed by atoms with Crippen molar-refractivity contribution in [3.8, 4) is 11.5 Å². The van der Waals surface area contributed by atoms with Gasteiger partial charge < -0.3 is 14.8 Å². The molecule has 31 heavy (non-hydrogen) atoms. The van der Waals surface area contributed by atoms with Gasteiger partial charge in [-0.15, -0.1) is 0 Å². The van der Waals surface area contributed by atoms with Crippen LogP contribution in [0.4, 0.5) is 4.39 Å². The standard InChI is InChI=1S/C21H22FN3O5S/c1-29-16-7-8-17(30-2)18(13-16)31(27,28)25-11-9-21(10-12-25)23-19(20(26)24-21)14-3-5-15(22)6-4-14/h3-8,13H,9-12H2,1-2H3,(H,24,26). The Bertz CT molecular complexity index is 1140. The highest BCUT2D eigenvalue weighted by Gasteiger charge is 2.44. The summed E-state index contributed by atoms with van der Waals surface area (Å²) in [6.07, 6.45) is 0.629. The second-order valence-electron chi connectivity index (χ2n) is 7.37. The molecule has 2 aromatic carbocycles. The van der Waals surface area contributed by atoms with E-state index in [9.17, 15) is 17.6 Å². The minimum atomic E-state index is -3.84. The molecular weight excluding hydrogens is 425 g/mol. The van der Waals surface area contributed by atoms with Crippen molar-refractivity contribution in [2.45, 2.75) is 23.4 Å². The summed E-state index contributed by atoms with van der Waals surface area (Å²) in [5.41, 5.74) is -0.122. The molecule has 0 aromatic heterocycles. The number of ether oxygens (including phenoxy) is 2. The fourth-order valence-electron chi connectivity index (χ4n) is 3.82. The van der Waals surface area contributed by atoms with Gasteiger partial charge in [0.25, 0.3) is 5.91 Å². The lowest BCUT2D eigenvalue weighted by molar-refractivity contribution is -0.115. The van der Waals surface area contributed by atoms with Gasteiger partial charge in [-0.25, -0.2) is 12.8 Å². The van der Waals surface area contributed by atoms with Crippen LogP contribution >= 0.6 is 0 Å². The number of amides is 1. The SMILES string of the molecule is COc1ccc(OC)c(S(=O)(=O)N2CCC3(CC2)N=C(c2ccc(F)cc2)C(=O)N3)c1. The lowest BCUT2D eigenvalue weighted by atomic mass is 10.00. The van der Waals surface area contributed by atoms with E-state index in [2.05, 4.69) is 10.3 Å². The van der Waals surface area contributed by atoms with E-state index in [-0.39, 0.29) is 35.4 Å². The first-order chi connectivity index (χ1) is 14.8. The lowest BCUT2D eigenvalue weighted by Crippen LogP contribution is -2.52. The number of rotatable bonds is 5. The van der Waals surface area contributed by atoms with E-state index in [0.717, 1.165) is 0 Å². The number of nitrogens with zero attached hydrogens (tertiary/aromatic N) is 2. The fraction of sp³-hybridized carbons (Fsp3) is 0.333. The molecule has 0 saturated carbocycles. The van der Waals surface area contributed by atoms with Gasteiger partial charge in [0, 0.05) is 37.6 Å². The molecule has 2 aromatic rings. The van der Waals surface area contributed by atoms with Gasteiger partial charge in [0.05, 0.1) is 14.2 Å². The quantitative estimate of drug-likeness (QED) is 0.756. The van der Waals surface area contributed by atoms with E-state index in [0.29, 0.717) is 24.2 Å². The van der Waals surface area contributed by atoms with Crippen molar-refractivity contribution in [1.29, 1.82) is 0 Å². The van der Waals surface area contributed by atoms with Crippen LogP contribution in [0, 0.1) is 5.82 Å². The average Bonchev–Trinajstić information content (AvgIpc) is 3.09. The molecule has 0 bridgehead atoms. The minimum absolute atomic E-state index is 0.0243. The lowest BCUT2D eigenvalue weighted by Gasteiger charge is -2.36. The largest absolute Gasteiger partial charge is 0.497 e. The molecule has 2 aliphatic heterocycles. The molecule has 164 valence electrons. The Morgan fingerprint density at radius 2 is 1.74 bits per heavy atom. The first-order valence-corrected chi connectivity index (χ1v) is 11.1. The van der Waals surface area contributed by atoms with Crippen molar-refractivity contribution in [2.24, 2.45) is 4.99 Å². The van der Waals surface area contributed by atoms with E-state index < -0.39 is 21.5 Å². The zero-order valence-electron chi connectivity index (χ0n) is 17.1. The van der Waals surface area contributed by atoms with Crippen molar-refractivity contribution in [1.82, 2.24) is 9.62 Å². The van der Waals surface area contributed by atoms with E-state index in [1.54, 1.807) is 12.1 Å². The molecule has 1 amide bonds. The molecule has 1 N–H and O–H groups in total. The molecule has 2 heterocycles. The number of aliphatic imine (C=N–C) groups is 1. The number of carbonyl (C=O) groups excluding carboxylic acids is 1. The fourth-order valence-corrected chi connectivity index (χ4v) is 5.44. The summed E-state index contributed by atoms with van der Waals surface area (Å²) in [6, 6.07) is 10.2. The highest BCUT2D eigenvalue weighted by atomic mass is 32.2. The van der Waals surface area contributed by atoms with Gasteiger partial charge in [0.1, 0.15) is 33.6 Å². The zero-order chi connectivity index (χ0) is 22.2. The summed E-state index contributed by atoms with van der Waals surface area (Å²) >= 11 is 0. The molecule has 2 aliphatic rings. The third-order valence-electron chi connectivity index (χ3n) is 5.54. The summed E-state index contributed by atoms with van der Waals surface area (Å²) in [5.74, 6) is -0.113. The number of halogens is 1. The van der Waals surface area contributed by atoms with Crippen molar-refractivity contribution >= 4 is 21.6 Å². The Hall–Kier alpha value is -2.98. The summed E-state index contributed by atoms with van der Waals surface area (Å²) < 4.78 is 51.4. The maximum atomic E-state index is 13.3. The van der Waals surface area contributed by atoms with Crippen LogP contribution in [0.1, 0.15) is 18.4 Å². The van der Waals surface area contributed by atoms with Gasteiger partial charge in [-0.1, -0.05) is 0 Å². The normalized spacial score (nSPS) is 18.5. The number of piperidine rings is 1. The second kappa shape index (κ2) is 7.93. The Labute approximate surface area is 179 Å². The zero-order valence-corrected chi connectivity index (χ0v) is 17.9. The Morgan fingerprint density at radius 3 is 2.35 bits per heavy atom. The summed E-state index contributed by atoms with van der Waals surface area (Å²) in [4.78, 5) is 17.1. The minimum Gasteiger partial charge on any atom is -0.497 e. The topological polar surface area (TPSA) is 97.3 Å². The smallest absolute Gasteiger partial charge is 0.272 e. The molecule has 8 nitrogen and oxygen atoms in total. The van der Waals surface area contributed by atoms with Crippen LogP contribution in [0.15, 0.2) is 52.4 Å². The molecule has 10 heteroatoms. The first-order valence-electron chi connectivity index (χ1n) is 9.68. The molecule has 4 rings (SSSR count). The van der Waals surface area contributed by atoms with Gasteiger partial charge in [0.15, 0.2) is 0 Å². The van der Waals surface area contributed by atoms with E-state index in [1.807, 2.05) is 0 Å². The third-order valence-corrected chi connectivity index (χ3v) is 7.46. The van der Waals surface area contributed by atoms with Crippen LogP contribution in [0.5, 0.6) is 11.5 Å². The Balaban J connectivity index is 1.56. The molecule has 0 radical (unpaired) electrons. The Morgan fingerprint density at radius 1 is 1.06 bits per heavy atom. The number of methoxy groups -OCH3 is 2. The highest BCUT2D eigenvalue weighted by molar-refractivity contribution is 7.89. The van der Waals surface area contributed by atoms with Crippen molar-refractivity contribution in [2.75, 3.05) is 27.3 Å². The number of carbonyl (C=O) groups is 1. The van der Waals surface area contributed by atoms with Crippen LogP contribution in [0.3, 0.4) is 0 Å². The van der Waals surface area contributed by atoms with Gasteiger partial charge in [-0.2, -0.15) is 4.31 Å². The van der Waals surface area contributed by atoms with Crippen LogP contribution in [0.25, 0.3) is 0 Å². The molecule has 1 fully saturated rings. The van der Waals surface area contributed by atoms with Crippen molar-refractivity contribution < 1.29 is 27.1 Å². The summed E-state index contributed by atoms with van der Waals surface area (Å²) in [6.45, 7) is 0.340. The molecule has 0 atom stereocenters. The maximum absolute atomic E-state index is 13.3. The third kappa shape index (κ3) is 3.88. The van der Waals surface area contributed by atoms with Crippen LogP contribution in [-0.2, 0) is 14.8 Å². The predicted molar refractivity (Wildman–Crippen MR) is 111 cm³/mol. The number of hydrogen-bond donors (Lipinski definition) is 1. The van der Waals surface area contributed by atoms with E-state index >= 15 is 0 Å². The van der Waals surface area contributed by atoms with Crippen molar-refractivity contribution in [3.63, 3.8) is 0 Å². The van der Waals surface area contributed by atoms with E-state index in [4.69, 9.17) is 9.47 Å². The van der Waals surface area contributed by atoms with Gasteiger partial charge in [-0.05, 0) is 36.4 Å². The molecule has 1 saturated heterocycles. The predicted octanol–water partition coefficient (Wildman–Crippen LogP) is 1.94. The number of hydrogen-bond acceptors (Lipinski definition) is 6. The maximum Gasteiger partial charge on any atom is 0.272 e. The molecule has 1 spiro atoms. The first kappa shape index (κ1) is 21.3. The molecule has 0 unspecified atom stereocenters. The monoisotopic (exact) mass is 447 g/mol. The number of benzene rings is 2. The van der Waals surface area contributed by atoms with Crippen LogP contribution in [-0.4, -0.2) is 57.3 Å². The van der Waals surface area contributed by atoms with Gasteiger partial charge >= 0.3 is 0 Å². The summed E-state index contributed by atoms with van der Waals surface area (Å²) in [7, 11) is -0.973. The van der Waals surface area contributed by atoms with Gasteiger partial charge in [-0.3, -0.25) is 9.79 Å². The van der Waals surface area contributed by atoms with Crippen LogP contribution in [0.2, 0.25) is 0 Å². The molecular formula is C21H22FN3O5S. The van der Waals surface area contributed by atoms with Gasteiger partial charge in [0.2, 0.25) is 10.0 Å². The Kier molecular flexibility index (Phi) is 5.44. The van der Waals surface area contributed by atoms with Crippen molar-refractivity contribution in [3.05, 3.63) is 53.8 Å². The second-order valence-corrected chi connectivity index (χ2v) is 9.28.